The molecule has 3 heteroatoms. The molecule has 0 aliphatic rings. The Balaban J connectivity index is 1.71. The summed E-state index contributed by atoms with van der Waals surface area (Å²) in [6, 6.07) is 0. The quantitative estimate of drug-likeness (QED) is 0.255. The summed E-state index contributed by atoms with van der Waals surface area (Å²) >= 11 is 5.68. The lowest BCUT2D eigenvalue weighted by Crippen LogP contribution is -1.87. The lowest BCUT2D eigenvalue weighted by Gasteiger charge is -2.03. The fraction of sp³-hybridized carbons (Fsp3) is 0.850. The predicted molar refractivity (Wildman–Crippen MR) is 102 cm³/mol. The molecule has 0 fully saturated rings. The van der Waals surface area contributed by atoms with Crippen molar-refractivity contribution in [1.82, 2.24) is 9.97 Å². The first-order valence-corrected chi connectivity index (χ1v) is 10.4. The van der Waals surface area contributed by atoms with Gasteiger partial charge in [-0.05, 0) is 26.2 Å². The molecule has 0 atom stereocenters. The molecular weight excluding hydrogens is 304 g/mol. The van der Waals surface area contributed by atoms with Crippen LogP contribution < -0.4 is 0 Å². The Bertz CT molecular complexity index is 362. The van der Waals surface area contributed by atoms with Crippen molar-refractivity contribution in [1.29, 1.82) is 0 Å². The summed E-state index contributed by atoms with van der Waals surface area (Å²) in [4.78, 5) is 7.61. The summed E-state index contributed by atoms with van der Waals surface area (Å²) in [5.41, 5.74) is 1.23. The molecule has 0 aromatic carbocycles. The fourth-order valence-electron chi connectivity index (χ4n) is 3.12. The topological polar surface area (TPSA) is 28.7 Å². The second-order valence-electron chi connectivity index (χ2n) is 6.87. The second kappa shape index (κ2) is 15.1. The van der Waals surface area contributed by atoms with E-state index in [-0.39, 0.29) is 0 Å². The monoisotopic (exact) mass is 340 g/mol. The minimum Gasteiger partial charge on any atom is -0.349 e. The molecular formula is C20H37ClN2. The minimum absolute atomic E-state index is 0.836. The fourth-order valence-corrected chi connectivity index (χ4v) is 3.31. The number of unbranched alkanes of at least 4 members (excludes halogenated alkanes) is 13. The maximum Gasteiger partial charge on any atom is 0.103 e. The standard InChI is InChI=1S/C20H37ClN2/c1-19-22-18-20(23-19)16-14-12-10-8-6-4-2-3-5-7-9-11-13-15-17-21/h18H,2-17H2,1H3,(H,22,23). The van der Waals surface area contributed by atoms with Crippen LogP contribution in [0.3, 0.4) is 0 Å². The van der Waals surface area contributed by atoms with Gasteiger partial charge >= 0.3 is 0 Å². The number of alkyl halides is 1. The van der Waals surface area contributed by atoms with E-state index in [0.29, 0.717) is 0 Å². The number of nitrogens with one attached hydrogen (secondary N) is 1. The van der Waals surface area contributed by atoms with E-state index < -0.39 is 0 Å². The van der Waals surface area contributed by atoms with Gasteiger partial charge in [0.25, 0.3) is 0 Å². The Morgan fingerprint density at radius 3 is 1.57 bits per heavy atom. The maximum absolute atomic E-state index is 5.68. The lowest BCUT2D eigenvalue weighted by molar-refractivity contribution is 0.535. The Hall–Kier alpha value is -0.500. The Labute approximate surface area is 148 Å². The molecule has 1 aromatic rings. The number of aromatic amines is 1. The van der Waals surface area contributed by atoms with E-state index in [0.717, 1.165) is 18.1 Å². The number of halogens is 1. The van der Waals surface area contributed by atoms with Gasteiger partial charge in [0, 0.05) is 12.1 Å². The number of hydrogen-bond donors (Lipinski definition) is 1. The van der Waals surface area contributed by atoms with Crippen LogP contribution in [0, 0.1) is 6.92 Å². The van der Waals surface area contributed by atoms with Gasteiger partial charge in [-0.15, -0.1) is 11.6 Å². The molecule has 0 saturated carbocycles. The van der Waals surface area contributed by atoms with Crippen LogP contribution in [-0.4, -0.2) is 15.8 Å². The first-order valence-electron chi connectivity index (χ1n) is 9.90. The van der Waals surface area contributed by atoms with E-state index in [9.17, 15) is 0 Å². The van der Waals surface area contributed by atoms with Crippen molar-refractivity contribution in [2.24, 2.45) is 0 Å². The molecule has 23 heavy (non-hydrogen) atoms. The maximum atomic E-state index is 5.68. The Morgan fingerprint density at radius 2 is 1.17 bits per heavy atom. The SMILES string of the molecule is Cc1nc(CCCCCCCCCCCCCCCCCl)c[nH]1. The van der Waals surface area contributed by atoms with Gasteiger partial charge in [-0.1, -0.05) is 77.0 Å². The van der Waals surface area contributed by atoms with Gasteiger partial charge in [0.05, 0.1) is 5.69 Å². The molecule has 0 amide bonds. The number of aromatic nitrogens is 2. The third-order valence-electron chi connectivity index (χ3n) is 4.58. The third kappa shape index (κ3) is 12.6. The van der Waals surface area contributed by atoms with Crippen LogP contribution >= 0.6 is 11.6 Å². The molecule has 0 saturated heterocycles. The number of hydrogen-bond acceptors (Lipinski definition) is 1. The summed E-state index contributed by atoms with van der Waals surface area (Å²) in [5.74, 6) is 1.87. The van der Waals surface area contributed by atoms with E-state index in [1.54, 1.807) is 0 Å². The number of imidazole rings is 1. The van der Waals surface area contributed by atoms with Gasteiger partial charge in [0.15, 0.2) is 0 Å². The zero-order valence-electron chi connectivity index (χ0n) is 15.2. The largest absolute Gasteiger partial charge is 0.349 e. The normalized spacial score (nSPS) is 11.2. The number of rotatable bonds is 16. The Morgan fingerprint density at radius 1 is 0.739 bits per heavy atom. The van der Waals surface area contributed by atoms with Crippen molar-refractivity contribution in [3.63, 3.8) is 0 Å². The van der Waals surface area contributed by atoms with Crippen molar-refractivity contribution in [3.8, 4) is 0 Å². The zero-order valence-corrected chi connectivity index (χ0v) is 16.0. The molecule has 1 rings (SSSR count). The number of nitrogens with zero attached hydrogens (tertiary/aromatic N) is 1. The molecule has 0 aliphatic heterocycles. The molecule has 1 heterocycles. The van der Waals surface area contributed by atoms with Gasteiger partial charge in [0.1, 0.15) is 5.82 Å². The molecule has 0 aliphatic carbocycles. The highest BCUT2D eigenvalue weighted by Gasteiger charge is 1.98. The molecule has 134 valence electrons. The zero-order chi connectivity index (χ0) is 16.6. The summed E-state index contributed by atoms with van der Waals surface area (Å²) in [5, 5.41) is 0. The average Bonchev–Trinajstić information content (AvgIpc) is 2.96. The number of H-pyrrole nitrogens is 1. The highest BCUT2D eigenvalue weighted by Crippen LogP contribution is 2.13. The van der Waals surface area contributed by atoms with Crippen LogP contribution in [0.15, 0.2) is 6.20 Å². The van der Waals surface area contributed by atoms with Crippen LogP contribution in [0.5, 0.6) is 0 Å². The molecule has 2 nitrogen and oxygen atoms in total. The number of aryl methyl sites for hydroxylation is 2. The molecule has 0 bridgehead atoms. The first kappa shape index (κ1) is 20.5. The van der Waals surface area contributed by atoms with Gasteiger partial charge in [0.2, 0.25) is 0 Å². The first-order chi connectivity index (χ1) is 11.3. The Kier molecular flexibility index (Phi) is 13.4. The van der Waals surface area contributed by atoms with Crippen molar-refractivity contribution in [3.05, 3.63) is 17.7 Å². The molecule has 1 N–H and O–H groups in total. The third-order valence-corrected chi connectivity index (χ3v) is 4.84. The highest BCUT2D eigenvalue weighted by atomic mass is 35.5. The lowest BCUT2D eigenvalue weighted by atomic mass is 10.0. The van der Waals surface area contributed by atoms with Gasteiger partial charge in [-0.2, -0.15) is 0 Å². The second-order valence-corrected chi connectivity index (χ2v) is 7.24. The van der Waals surface area contributed by atoms with Crippen molar-refractivity contribution in [2.45, 2.75) is 103 Å². The molecule has 0 spiro atoms. The summed E-state index contributed by atoms with van der Waals surface area (Å²) < 4.78 is 0. The minimum atomic E-state index is 0.836. The van der Waals surface area contributed by atoms with E-state index in [2.05, 4.69) is 9.97 Å². The summed E-state index contributed by atoms with van der Waals surface area (Å²) in [7, 11) is 0. The van der Waals surface area contributed by atoms with Crippen molar-refractivity contribution in [2.75, 3.05) is 5.88 Å². The van der Waals surface area contributed by atoms with Crippen LogP contribution in [0.4, 0.5) is 0 Å². The van der Waals surface area contributed by atoms with E-state index in [1.807, 2.05) is 13.1 Å². The molecule has 0 radical (unpaired) electrons. The predicted octanol–water partition coefficient (Wildman–Crippen LogP) is 6.96. The van der Waals surface area contributed by atoms with Gasteiger partial charge < -0.3 is 4.98 Å². The van der Waals surface area contributed by atoms with Crippen molar-refractivity contribution < 1.29 is 0 Å². The van der Waals surface area contributed by atoms with E-state index in [4.69, 9.17) is 11.6 Å². The van der Waals surface area contributed by atoms with E-state index in [1.165, 1.54) is 95.6 Å². The average molecular weight is 341 g/mol. The smallest absolute Gasteiger partial charge is 0.103 e. The van der Waals surface area contributed by atoms with Crippen LogP contribution in [0.25, 0.3) is 0 Å². The molecule has 0 unspecified atom stereocenters. The van der Waals surface area contributed by atoms with Gasteiger partial charge in [-0.25, -0.2) is 4.98 Å². The van der Waals surface area contributed by atoms with Gasteiger partial charge in [-0.3, -0.25) is 0 Å². The van der Waals surface area contributed by atoms with Crippen LogP contribution in [-0.2, 0) is 6.42 Å². The van der Waals surface area contributed by atoms with Crippen LogP contribution in [0.1, 0.15) is 101 Å². The highest BCUT2D eigenvalue weighted by molar-refractivity contribution is 6.17. The van der Waals surface area contributed by atoms with Crippen molar-refractivity contribution >= 4 is 11.6 Å². The summed E-state index contributed by atoms with van der Waals surface area (Å²) in [6.07, 6.45) is 22.5. The van der Waals surface area contributed by atoms with Crippen LogP contribution in [0.2, 0.25) is 0 Å². The summed E-state index contributed by atoms with van der Waals surface area (Å²) in [6.45, 7) is 2.02. The molecule has 1 aromatic heterocycles. The van der Waals surface area contributed by atoms with E-state index >= 15 is 0 Å².